The fourth-order valence-corrected chi connectivity index (χ4v) is 1.87. The normalized spacial score (nSPS) is 13.3. The van der Waals surface area contributed by atoms with E-state index in [4.69, 9.17) is 4.74 Å². The van der Waals surface area contributed by atoms with Crippen LogP contribution in [0.5, 0.6) is 5.75 Å². The van der Waals surface area contributed by atoms with Gasteiger partial charge in [-0.3, -0.25) is 0 Å². The van der Waals surface area contributed by atoms with Crippen molar-refractivity contribution < 1.29 is 9.84 Å². The molecule has 0 aromatic heterocycles. The Kier molecular flexibility index (Phi) is 6.45. The van der Waals surface area contributed by atoms with E-state index in [2.05, 4.69) is 18.8 Å². The van der Waals surface area contributed by atoms with Gasteiger partial charge < -0.3 is 9.84 Å². The summed E-state index contributed by atoms with van der Waals surface area (Å²) in [6.07, 6.45) is 5.34. The van der Waals surface area contributed by atoms with E-state index in [1.165, 1.54) is 12.8 Å². The van der Waals surface area contributed by atoms with Gasteiger partial charge in [0, 0.05) is 5.56 Å². The van der Waals surface area contributed by atoms with Crippen molar-refractivity contribution in [3.05, 3.63) is 29.8 Å². The van der Waals surface area contributed by atoms with Gasteiger partial charge in [-0.25, -0.2) is 0 Å². The molecule has 0 fully saturated rings. The number of hydrogen-bond donors (Lipinski definition) is 1. The third-order valence-corrected chi connectivity index (χ3v) is 3.06. The number of hydrogen-bond acceptors (Lipinski definition) is 2. The smallest absolute Gasteiger partial charge is 0.123 e. The molecule has 0 saturated heterocycles. The summed E-state index contributed by atoms with van der Waals surface area (Å²) in [5.74, 6) is 6.76. The zero-order chi connectivity index (χ0) is 14.1. The van der Waals surface area contributed by atoms with Gasteiger partial charge in [-0.1, -0.05) is 44.1 Å². The second kappa shape index (κ2) is 7.86. The molecule has 0 aliphatic rings. The van der Waals surface area contributed by atoms with Crippen LogP contribution in [0, 0.1) is 11.8 Å². The second-order valence-electron chi connectivity index (χ2n) is 5.07. The van der Waals surface area contributed by atoms with Gasteiger partial charge in [-0.05, 0) is 38.0 Å². The standard InChI is InChI=1S/C17H24O2/c1-4-5-6-7-12-17(2,18)13-11-15-9-8-10-16(14-15)19-3/h8-10,14,18H,4-7,12H2,1-3H3. The van der Waals surface area contributed by atoms with Crippen LogP contribution in [0.15, 0.2) is 24.3 Å². The van der Waals surface area contributed by atoms with Crippen LogP contribution in [-0.4, -0.2) is 17.8 Å². The zero-order valence-corrected chi connectivity index (χ0v) is 12.2. The predicted molar refractivity (Wildman–Crippen MR) is 79.3 cm³/mol. The second-order valence-corrected chi connectivity index (χ2v) is 5.07. The Hall–Kier alpha value is -1.46. The quantitative estimate of drug-likeness (QED) is 0.623. The van der Waals surface area contributed by atoms with E-state index < -0.39 is 5.60 Å². The molecule has 2 nitrogen and oxygen atoms in total. The number of aliphatic hydroxyl groups is 1. The Morgan fingerprint density at radius 1 is 1.26 bits per heavy atom. The molecule has 1 unspecified atom stereocenters. The van der Waals surface area contributed by atoms with Crippen molar-refractivity contribution in [1.29, 1.82) is 0 Å². The van der Waals surface area contributed by atoms with Crippen LogP contribution in [0.1, 0.15) is 51.5 Å². The van der Waals surface area contributed by atoms with Crippen molar-refractivity contribution in [3.8, 4) is 17.6 Å². The largest absolute Gasteiger partial charge is 0.497 e. The lowest BCUT2D eigenvalue weighted by atomic mass is 9.98. The van der Waals surface area contributed by atoms with Gasteiger partial charge in [0.15, 0.2) is 0 Å². The van der Waals surface area contributed by atoms with E-state index in [9.17, 15) is 5.11 Å². The molecule has 1 atom stereocenters. The van der Waals surface area contributed by atoms with Crippen molar-refractivity contribution in [2.75, 3.05) is 7.11 Å². The first-order valence-corrected chi connectivity index (χ1v) is 6.97. The van der Waals surface area contributed by atoms with E-state index in [1.54, 1.807) is 14.0 Å². The molecule has 0 radical (unpaired) electrons. The Morgan fingerprint density at radius 3 is 2.74 bits per heavy atom. The molecule has 0 heterocycles. The summed E-state index contributed by atoms with van der Waals surface area (Å²) < 4.78 is 5.15. The molecular weight excluding hydrogens is 236 g/mol. The molecule has 0 saturated carbocycles. The number of ether oxygens (including phenoxy) is 1. The van der Waals surface area contributed by atoms with Crippen LogP contribution in [0.25, 0.3) is 0 Å². The minimum absolute atomic E-state index is 0.726. The highest BCUT2D eigenvalue weighted by Gasteiger charge is 2.15. The third kappa shape index (κ3) is 6.31. The van der Waals surface area contributed by atoms with Gasteiger partial charge in [-0.2, -0.15) is 0 Å². The number of benzene rings is 1. The van der Waals surface area contributed by atoms with E-state index >= 15 is 0 Å². The van der Waals surface area contributed by atoms with Gasteiger partial charge in [0.05, 0.1) is 7.11 Å². The summed E-state index contributed by atoms with van der Waals surface area (Å²) in [7, 11) is 1.64. The van der Waals surface area contributed by atoms with Crippen molar-refractivity contribution in [2.45, 2.75) is 51.6 Å². The molecule has 1 N–H and O–H groups in total. The minimum atomic E-state index is -0.906. The highest BCUT2D eigenvalue weighted by Crippen LogP contribution is 2.15. The molecule has 1 rings (SSSR count). The molecule has 0 bridgehead atoms. The van der Waals surface area contributed by atoms with Gasteiger partial charge in [0.1, 0.15) is 11.4 Å². The lowest BCUT2D eigenvalue weighted by Gasteiger charge is -2.15. The molecule has 0 aliphatic carbocycles. The molecule has 0 aliphatic heterocycles. The first kappa shape index (κ1) is 15.6. The molecule has 0 spiro atoms. The van der Waals surface area contributed by atoms with E-state index in [1.807, 2.05) is 24.3 Å². The first-order chi connectivity index (χ1) is 9.07. The SMILES string of the molecule is CCCCCCC(C)(O)C#Cc1cccc(OC)c1. The van der Waals surface area contributed by atoms with Gasteiger partial charge in [-0.15, -0.1) is 0 Å². The summed E-state index contributed by atoms with van der Waals surface area (Å²) in [6, 6.07) is 7.58. The lowest BCUT2D eigenvalue weighted by molar-refractivity contribution is 0.109. The Labute approximate surface area is 116 Å². The van der Waals surface area contributed by atoms with Crippen LogP contribution >= 0.6 is 0 Å². The van der Waals surface area contributed by atoms with Crippen molar-refractivity contribution >= 4 is 0 Å². The first-order valence-electron chi connectivity index (χ1n) is 6.97. The zero-order valence-electron chi connectivity index (χ0n) is 12.2. The van der Waals surface area contributed by atoms with Crippen LogP contribution < -0.4 is 4.74 Å². The van der Waals surface area contributed by atoms with Crippen LogP contribution in [0.3, 0.4) is 0 Å². The van der Waals surface area contributed by atoms with Crippen molar-refractivity contribution in [1.82, 2.24) is 0 Å². The van der Waals surface area contributed by atoms with Crippen LogP contribution in [0.4, 0.5) is 0 Å². The monoisotopic (exact) mass is 260 g/mol. The minimum Gasteiger partial charge on any atom is -0.497 e. The van der Waals surface area contributed by atoms with E-state index in [-0.39, 0.29) is 0 Å². The van der Waals surface area contributed by atoms with Crippen LogP contribution in [-0.2, 0) is 0 Å². The summed E-state index contributed by atoms with van der Waals surface area (Å²) in [5.41, 5.74) is -0.0372. The number of rotatable bonds is 6. The molecule has 0 amide bonds. The number of methoxy groups -OCH3 is 1. The van der Waals surface area contributed by atoms with Crippen molar-refractivity contribution in [2.24, 2.45) is 0 Å². The van der Waals surface area contributed by atoms with Gasteiger partial charge in [0.25, 0.3) is 0 Å². The average molecular weight is 260 g/mol. The summed E-state index contributed by atoms with van der Waals surface area (Å²) >= 11 is 0. The average Bonchev–Trinajstić information content (AvgIpc) is 2.42. The van der Waals surface area contributed by atoms with E-state index in [0.717, 1.165) is 30.6 Å². The maximum atomic E-state index is 10.2. The Bertz CT molecular complexity index is 438. The highest BCUT2D eigenvalue weighted by atomic mass is 16.5. The number of unbranched alkanes of at least 4 members (excludes halogenated alkanes) is 3. The Balaban J connectivity index is 2.58. The fourth-order valence-electron chi connectivity index (χ4n) is 1.87. The third-order valence-electron chi connectivity index (χ3n) is 3.06. The molecule has 2 heteroatoms. The molecule has 1 aromatic carbocycles. The fraction of sp³-hybridized carbons (Fsp3) is 0.529. The van der Waals surface area contributed by atoms with Gasteiger partial charge in [0.2, 0.25) is 0 Å². The van der Waals surface area contributed by atoms with Gasteiger partial charge >= 0.3 is 0 Å². The molecular formula is C17H24O2. The summed E-state index contributed by atoms with van der Waals surface area (Å²) in [6.45, 7) is 3.97. The Morgan fingerprint density at radius 2 is 2.05 bits per heavy atom. The maximum Gasteiger partial charge on any atom is 0.123 e. The summed E-state index contributed by atoms with van der Waals surface area (Å²) in [5, 5.41) is 10.2. The topological polar surface area (TPSA) is 29.5 Å². The van der Waals surface area contributed by atoms with Crippen molar-refractivity contribution in [3.63, 3.8) is 0 Å². The molecule has 104 valence electrons. The summed E-state index contributed by atoms with van der Waals surface area (Å²) in [4.78, 5) is 0. The van der Waals surface area contributed by atoms with E-state index in [0.29, 0.717) is 0 Å². The predicted octanol–water partition coefficient (Wildman–Crippen LogP) is 3.77. The maximum absolute atomic E-state index is 10.2. The molecule has 19 heavy (non-hydrogen) atoms. The highest BCUT2D eigenvalue weighted by molar-refractivity contribution is 5.40. The molecule has 1 aromatic rings. The lowest BCUT2D eigenvalue weighted by Crippen LogP contribution is -2.21. The van der Waals surface area contributed by atoms with Crippen LogP contribution in [0.2, 0.25) is 0 Å².